The van der Waals surface area contributed by atoms with Gasteiger partial charge in [-0.3, -0.25) is 0 Å². The van der Waals surface area contributed by atoms with Crippen LogP contribution in [0.4, 0.5) is 0 Å². The number of aromatic nitrogens is 1. The number of nitrogens with zero attached hydrogens (tertiary/aromatic N) is 2. The molecule has 1 aromatic rings. The molecule has 0 saturated carbocycles. The van der Waals surface area contributed by atoms with Crippen molar-refractivity contribution in [3.63, 3.8) is 0 Å². The SMILES string of the molecule is CCC(C)(C(Cc1nccs1)NC)N(C)C. The minimum atomic E-state index is 0.167. The molecule has 1 aromatic heterocycles. The lowest BCUT2D eigenvalue weighted by Crippen LogP contribution is -2.56. The Balaban J connectivity index is 2.79. The zero-order chi connectivity index (χ0) is 12.2. The van der Waals surface area contributed by atoms with Crippen LogP contribution in [0.1, 0.15) is 25.3 Å². The van der Waals surface area contributed by atoms with Crippen LogP contribution in [0.5, 0.6) is 0 Å². The molecule has 0 aromatic carbocycles. The van der Waals surface area contributed by atoms with Crippen molar-refractivity contribution in [2.45, 2.75) is 38.3 Å². The largest absolute Gasteiger partial charge is 0.315 e. The summed E-state index contributed by atoms with van der Waals surface area (Å²) < 4.78 is 0. The molecule has 0 spiro atoms. The number of hydrogen-bond donors (Lipinski definition) is 1. The molecule has 3 nitrogen and oxygen atoms in total. The Bertz CT molecular complexity index is 297. The second-order valence-corrected chi connectivity index (χ2v) is 5.56. The second-order valence-electron chi connectivity index (χ2n) is 4.58. The van der Waals surface area contributed by atoms with E-state index in [0.717, 1.165) is 12.8 Å². The van der Waals surface area contributed by atoms with Crippen molar-refractivity contribution in [1.29, 1.82) is 0 Å². The van der Waals surface area contributed by atoms with Gasteiger partial charge in [-0.25, -0.2) is 4.98 Å². The van der Waals surface area contributed by atoms with Crippen molar-refractivity contribution >= 4 is 11.3 Å². The Hall–Kier alpha value is -0.450. The van der Waals surface area contributed by atoms with Gasteiger partial charge in [0, 0.05) is 29.6 Å². The molecular formula is C12H23N3S. The molecule has 2 atom stereocenters. The molecule has 0 saturated heterocycles. The summed E-state index contributed by atoms with van der Waals surface area (Å²) in [6.07, 6.45) is 4.00. The Morgan fingerprint density at radius 2 is 2.25 bits per heavy atom. The van der Waals surface area contributed by atoms with Crippen molar-refractivity contribution < 1.29 is 0 Å². The topological polar surface area (TPSA) is 28.2 Å². The smallest absolute Gasteiger partial charge is 0.0941 e. The van der Waals surface area contributed by atoms with Crippen molar-refractivity contribution in [2.24, 2.45) is 0 Å². The van der Waals surface area contributed by atoms with Crippen LogP contribution < -0.4 is 5.32 Å². The van der Waals surface area contributed by atoms with E-state index in [2.05, 4.69) is 43.1 Å². The van der Waals surface area contributed by atoms with Crippen LogP contribution >= 0.6 is 11.3 Å². The Morgan fingerprint density at radius 1 is 1.56 bits per heavy atom. The molecule has 0 aliphatic heterocycles. The van der Waals surface area contributed by atoms with Gasteiger partial charge in [-0.2, -0.15) is 0 Å². The standard InChI is InChI=1S/C12H23N3S/c1-6-12(2,15(4)5)10(13-3)9-11-14-7-8-16-11/h7-8,10,13H,6,9H2,1-5H3. The zero-order valence-corrected chi connectivity index (χ0v) is 11.8. The second kappa shape index (κ2) is 5.75. The van der Waals surface area contributed by atoms with Crippen LogP contribution in [-0.4, -0.2) is 42.6 Å². The van der Waals surface area contributed by atoms with Gasteiger partial charge in [0.05, 0.1) is 5.01 Å². The van der Waals surface area contributed by atoms with E-state index in [0.29, 0.717) is 6.04 Å². The predicted molar refractivity (Wildman–Crippen MR) is 71.0 cm³/mol. The minimum Gasteiger partial charge on any atom is -0.315 e. The van der Waals surface area contributed by atoms with E-state index in [1.165, 1.54) is 5.01 Å². The number of thiazole rings is 1. The number of likely N-dealkylation sites (N-methyl/N-ethyl adjacent to an activating group) is 2. The van der Waals surface area contributed by atoms with Gasteiger partial charge in [0.25, 0.3) is 0 Å². The Labute approximate surface area is 103 Å². The molecule has 16 heavy (non-hydrogen) atoms. The van der Waals surface area contributed by atoms with Gasteiger partial charge < -0.3 is 10.2 Å². The van der Waals surface area contributed by atoms with Crippen LogP contribution in [-0.2, 0) is 6.42 Å². The van der Waals surface area contributed by atoms with E-state index in [1.54, 1.807) is 11.3 Å². The van der Waals surface area contributed by atoms with Crippen molar-refractivity contribution in [2.75, 3.05) is 21.1 Å². The highest BCUT2D eigenvalue weighted by Crippen LogP contribution is 2.24. The van der Waals surface area contributed by atoms with Gasteiger partial charge in [0.2, 0.25) is 0 Å². The van der Waals surface area contributed by atoms with Crippen LogP contribution in [0.15, 0.2) is 11.6 Å². The number of nitrogens with one attached hydrogen (secondary N) is 1. The summed E-state index contributed by atoms with van der Waals surface area (Å²) in [7, 11) is 6.33. The Morgan fingerprint density at radius 3 is 2.62 bits per heavy atom. The van der Waals surface area contributed by atoms with Crippen molar-refractivity contribution in [1.82, 2.24) is 15.2 Å². The summed E-state index contributed by atoms with van der Waals surface area (Å²) in [6.45, 7) is 4.55. The molecule has 0 fully saturated rings. The van der Waals surface area contributed by atoms with Crippen LogP contribution in [0.2, 0.25) is 0 Å². The molecule has 92 valence electrons. The third-order valence-electron chi connectivity index (χ3n) is 3.70. The molecule has 0 bridgehead atoms. The van der Waals surface area contributed by atoms with Gasteiger partial charge in [-0.15, -0.1) is 11.3 Å². The maximum Gasteiger partial charge on any atom is 0.0941 e. The van der Waals surface area contributed by atoms with Crippen LogP contribution in [0.3, 0.4) is 0 Å². The van der Waals surface area contributed by atoms with Gasteiger partial charge in [0.1, 0.15) is 0 Å². The normalized spacial score (nSPS) is 17.4. The first kappa shape index (κ1) is 13.6. The first-order valence-electron chi connectivity index (χ1n) is 5.77. The highest BCUT2D eigenvalue weighted by Gasteiger charge is 2.34. The lowest BCUT2D eigenvalue weighted by Gasteiger charge is -2.42. The van der Waals surface area contributed by atoms with Crippen molar-refractivity contribution in [3.05, 3.63) is 16.6 Å². The highest BCUT2D eigenvalue weighted by atomic mass is 32.1. The van der Waals surface area contributed by atoms with Crippen LogP contribution in [0.25, 0.3) is 0 Å². The van der Waals surface area contributed by atoms with Gasteiger partial charge >= 0.3 is 0 Å². The minimum absolute atomic E-state index is 0.167. The van der Waals surface area contributed by atoms with Gasteiger partial charge in [-0.05, 0) is 34.5 Å². The number of rotatable bonds is 6. The third kappa shape index (κ3) is 2.81. The summed E-state index contributed by atoms with van der Waals surface area (Å²) >= 11 is 1.74. The van der Waals surface area contributed by atoms with Gasteiger partial charge in [0.15, 0.2) is 0 Å². The summed E-state index contributed by atoms with van der Waals surface area (Å²) in [5.41, 5.74) is 0.167. The van der Waals surface area contributed by atoms with E-state index in [4.69, 9.17) is 0 Å². The monoisotopic (exact) mass is 241 g/mol. The summed E-state index contributed by atoms with van der Waals surface area (Å²) in [5, 5.41) is 6.69. The fraction of sp³-hybridized carbons (Fsp3) is 0.750. The third-order valence-corrected chi connectivity index (χ3v) is 4.50. The molecule has 1 heterocycles. The van der Waals surface area contributed by atoms with E-state index >= 15 is 0 Å². The van der Waals surface area contributed by atoms with Gasteiger partial charge in [-0.1, -0.05) is 6.92 Å². The zero-order valence-electron chi connectivity index (χ0n) is 10.9. The Kier molecular flexibility index (Phi) is 4.89. The summed E-state index contributed by atoms with van der Waals surface area (Å²) in [6, 6.07) is 0.429. The fourth-order valence-corrected chi connectivity index (χ4v) is 2.70. The van der Waals surface area contributed by atoms with E-state index in [1.807, 2.05) is 18.6 Å². The average Bonchev–Trinajstić information content (AvgIpc) is 2.77. The molecule has 4 heteroatoms. The maximum absolute atomic E-state index is 4.37. The van der Waals surface area contributed by atoms with E-state index in [9.17, 15) is 0 Å². The number of hydrogen-bond acceptors (Lipinski definition) is 4. The summed E-state index contributed by atoms with van der Waals surface area (Å²) in [5.74, 6) is 0. The fourth-order valence-electron chi connectivity index (χ4n) is 2.04. The molecular weight excluding hydrogens is 218 g/mol. The molecule has 1 N–H and O–H groups in total. The lowest BCUT2D eigenvalue weighted by molar-refractivity contribution is 0.116. The molecule has 2 unspecified atom stereocenters. The van der Waals surface area contributed by atoms with E-state index in [-0.39, 0.29) is 5.54 Å². The lowest BCUT2D eigenvalue weighted by atomic mass is 9.86. The highest BCUT2D eigenvalue weighted by molar-refractivity contribution is 7.09. The molecule has 0 aliphatic rings. The van der Waals surface area contributed by atoms with Crippen LogP contribution in [0, 0.1) is 0 Å². The molecule has 1 rings (SSSR count). The van der Waals surface area contributed by atoms with E-state index < -0.39 is 0 Å². The summed E-state index contributed by atoms with van der Waals surface area (Å²) in [4.78, 5) is 6.68. The quantitative estimate of drug-likeness (QED) is 0.826. The first-order chi connectivity index (χ1) is 7.54. The van der Waals surface area contributed by atoms with Crippen molar-refractivity contribution in [3.8, 4) is 0 Å². The average molecular weight is 241 g/mol. The predicted octanol–water partition coefficient (Wildman–Crippen LogP) is 2.00. The first-order valence-corrected chi connectivity index (χ1v) is 6.65. The molecule has 0 radical (unpaired) electrons. The maximum atomic E-state index is 4.37. The molecule has 0 aliphatic carbocycles. The molecule has 0 amide bonds.